The lowest BCUT2D eigenvalue weighted by Crippen LogP contribution is -2.07. The largest absolute Gasteiger partial charge is 0.490 e. The summed E-state index contributed by atoms with van der Waals surface area (Å²) < 4.78 is 33.5. The van der Waals surface area contributed by atoms with E-state index in [1.807, 2.05) is 0 Å². The first kappa shape index (κ1) is 74.9. The molecule has 7 nitrogen and oxygen atoms in total. The molecule has 0 amide bonds. The van der Waals surface area contributed by atoms with Gasteiger partial charge in [0.1, 0.15) is 0 Å². The molecule has 0 fully saturated rings. The minimum atomic E-state index is 0.662. The normalized spacial score (nSPS) is 11.5. The molecule has 0 aliphatic carbocycles. The average Bonchev–Trinajstić information content (AvgIpc) is 3.76. The third kappa shape index (κ3) is 39.4. The topological polar surface area (TPSA) is 74.8 Å². The number of hydrogen-bond acceptors (Lipinski definition) is 6. The lowest BCUT2D eigenvalue weighted by Gasteiger charge is -2.19. The monoisotopic (exact) mass is 1170 g/mol. The van der Waals surface area contributed by atoms with E-state index in [0.29, 0.717) is 33.0 Å². The van der Waals surface area contributed by atoms with Crippen molar-refractivity contribution in [2.75, 3.05) is 33.0 Å². The summed E-state index contributed by atoms with van der Waals surface area (Å²) in [6.45, 7) is 14.9. The molecule has 0 saturated carbocycles. The minimum Gasteiger partial charge on any atom is -0.490 e. The molecule has 84 heavy (non-hydrogen) atoms. The zero-order valence-electron chi connectivity index (χ0n) is 56.3. The number of ether oxygens (including phenoxy) is 5. The van der Waals surface area contributed by atoms with Crippen molar-refractivity contribution in [1.29, 1.82) is 0 Å². The van der Waals surface area contributed by atoms with Gasteiger partial charge in [-0.25, -0.2) is 0 Å². The second kappa shape index (κ2) is 56.2. The fourth-order valence-electron chi connectivity index (χ4n) is 11.8. The van der Waals surface area contributed by atoms with E-state index in [4.69, 9.17) is 28.8 Å². The maximum atomic E-state index is 6.82. The molecule has 0 unspecified atom stereocenters. The first-order valence-corrected chi connectivity index (χ1v) is 37.2. The van der Waals surface area contributed by atoms with Crippen molar-refractivity contribution in [3.63, 3.8) is 0 Å². The minimum absolute atomic E-state index is 0.662. The van der Waals surface area contributed by atoms with E-state index in [9.17, 15) is 0 Å². The molecule has 484 valence electrons. The fourth-order valence-corrected chi connectivity index (χ4v) is 11.8. The lowest BCUT2D eigenvalue weighted by molar-refractivity contribution is 0.234. The number of rotatable bonds is 64. The third-order valence-corrected chi connectivity index (χ3v) is 17.4. The Morgan fingerprint density at radius 3 is 0.810 bits per heavy atom. The van der Waals surface area contributed by atoms with E-state index >= 15 is 0 Å². The van der Waals surface area contributed by atoms with Crippen LogP contribution in [-0.2, 0) is 0 Å². The Kier molecular flexibility index (Phi) is 50.1. The summed E-state index contributed by atoms with van der Waals surface area (Å²) in [5.41, 5.74) is 3.82. The summed E-state index contributed by atoms with van der Waals surface area (Å²) in [5.74, 6) is 3.97. The molecule has 7 heteroatoms. The van der Waals surface area contributed by atoms with Crippen molar-refractivity contribution in [1.82, 2.24) is 10.2 Å². The molecule has 0 aliphatic rings. The summed E-state index contributed by atoms with van der Waals surface area (Å²) in [6.07, 6.45) is 68.0. The second-order valence-corrected chi connectivity index (χ2v) is 25.5. The molecule has 1 N–H and O–H groups in total. The summed E-state index contributed by atoms with van der Waals surface area (Å²) in [5, 5.41) is 8.40. The van der Waals surface area contributed by atoms with E-state index in [1.165, 1.54) is 302 Å². The molecule has 0 aliphatic heterocycles. The molecule has 3 aromatic rings. The van der Waals surface area contributed by atoms with Gasteiger partial charge >= 0.3 is 0 Å². The highest BCUT2D eigenvalue weighted by molar-refractivity contribution is 5.73. The molecule has 0 spiro atoms. The number of benzene rings is 2. The first-order valence-electron chi connectivity index (χ1n) is 37.2. The van der Waals surface area contributed by atoms with Gasteiger partial charge in [-0.2, -0.15) is 5.10 Å². The Hall–Kier alpha value is -3.35. The van der Waals surface area contributed by atoms with E-state index < -0.39 is 0 Å². The highest BCUT2D eigenvalue weighted by atomic mass is 16.5. The van der Waals surface area contributed by atoms with Gasteiger partial charge in [0.05, 0.1) is 44.4 Å². The van der Waals surface area contributed by atoms with Crippen molar-refractivity contribution < 1.29 is 23.7 Å². The first-order chi connectivity index (χ1) is 41.6. The van der Waals surface area contributed by atoms with Gasteiger partial charge < -0.3 is 23.7 Å². The number of unbranched alkanes of at least 4 members (excludes halogenated alkanes) is 47. The highest BCUT2D eigenvalue weighted by Crippen LogP contribution is 2.43. The summed E-state index contributed by atoms with van der Waals surface area (Å²) in [4.78, 5) is 0. The molecule has 0 radical (unpaired) electrons. The van der Waals surface area contributed by atoms with Gasteiger partial charge in [-0.3, -0.25) is 5.10 Å². The van der Waals surface area contributed by atoms with Crippen LogP contribution in [0.2, 0.25) is 0 Å². The van der Waals surface area contributed by atoms with Gasteiger partial charge in [-0.15, -0.1) is 0 Å². The third-order valence-electron chi connectivity index (χ3n) is 17.4. The van der Waals surface area contributed by atoms with E-state index in [-0.39, 0.29) is 0 Å². The van der Waals surface area contributed by atoms with Crippen LogP contribution in [0, 0.1) is 0 Å². The number of H-pyrrole nitrogens is 1. The van der Waals surface area contributed by atoms with Crippen molar-refractivity contribution in [2.24, 2.45) is 0 Å². The summed E-state index contributed by atoms with van der Waals surface area (Å²) >= 11 is 0. The van der Waals surface area contributed by atoms with Crippen LogP contribution in [0.15, 0.2) is 36.4 Å². The maximum Gasteiger partial charge on any atom is 0.203 e. The highest BCUT2D eigenvalue weighted by Gasteiger charge is 2.20. The van der Waals surface area contributed by atoms with Crippen LogP contribution >= 0.6 is 0 Å². The van der Waals surface area contributed by atoms with Crippen LogP contribution in [0.25, 0.3) is 22.5 Å². The zero-order chi connectivity index (χ0) is 59.7. The Morgan fingerprint density at radius 1 is 0.250 bits per heavy atom. The Morgan fingerprint density at radius 2 is 0.500 bits per heavy atom. The van der Waals surface area contributed by atoms with E-state index in [1.54, 1.807) is 0 Å². The molecule has 1 aromatic heterocycles. The number of aromatic amines is 1. The predicted octanol–water partition coefficient (Wildman–Crippen LogP) is 26.0. The van der Waals surface area contributed by atoms with E-state index in [2.05, 4.69) is 76.1 Å². The number of nitrogens with zero attached hydrogens (tertiary/aromatic N) is 1. The van der Waals surface area contributed by atoms with Crippen molar-refractivity contribution in [2.45, 2.75) is 369 Å². The SMILES string of the molecule is CCCCCCCCCCCCCCOc1cc(-c2cc(-c3ccc(OCCCCCCCCCC)c(OCCCCCCCCCC)c3)[nH]n2)cc(OCCCCCCCCCCCCCC)c1OCCCCCCCCCCCCCC. The zero-order valence-corrected chi connectivity index (χ0v) is 56.3. The Bertz CT molecular complexity index is 1830. The molecule has 1 heterocycles. The summed E-state index contributed by atoms with van der Waals surface area (Å²) in [6, 6.07) is 12.9. The standard InChI is InChI=1S/C77H136N2O5/c1-6-11-16-21-26-31-34-37-40-45-50-55-62-82-75-66-70(67-76(83-63-56-51-46-41-38-35-32-27-22-17-12-7-2)77(75)84-64-57-52-47-42-39-36-33-28-23-18-13-8-3)72-68-71(78-79-72)69-58-59-73(80-60-53-48-43-29-24-19-14-9-4)74(65-69)81-61-54-49-44-30-25-20-15-10-5/h58-59,65-68H,6-57,60-64H2,1-5H3,(H,78,79). The number of nitrogens with one attached hydrogen (secondary N) is 1. The molecular weight excluding hydrogens is 1030 g/mol. The van der Waals surface area contributed by atoms with Crippen LogP contribution in [0.4, 0.5) is 0 Å². The van der Waals surface area contributed by atoms with Gasteiger partial charge in [0.2, 0.25) is 5.75 Å². The average molecular weight is 1170 g/mol. The number of hydrogen-bond donors (Lipinski definition) is 1. The predicted molar refractivity (Wildman–Crippen MR) is 365 cm³/mol. The van der Waals surface area contributed by atoms with Crippen LogP contribution in [0.5, 0.6) is 28.7 Å². The fraction of sp³-hybridized carbons (Fsp3) is 0.805. The van der Waals surface area contributed by atoms with Crippen LogP contribution in [0.1, 0.15) is 369 Å². The van der Waals surface area contributed by atoms with Crippen molar-refractivity contribution in [3.8, 4) is 51.3 Å². The smallest absolute Gasteiger partial charge is 0.203 e. The van der Waals surface area contributed by atoms with E-state index in [0.717, 1.165) is 83.4 Å². The molecule has 0 bridgehead atoms. The van der Waals surface area contributed by atoms with Crippen LogP contribution in [0.3, 0.4) is 0 Å². The Balaban J connectivity index is 1.80. The van der Waals surface area contributed by atoms with Gasteiger partial charge in [-0.1, -0.05) is 336 Å². The van der Waals surface area contributed by atoms with Gasteiger partial charge in [0.25, 0.3) is 0 Å². The van der Waals surface area contributed by atoms with Gasteiger partial charge in [0, 0.05) is 11.1 Å². The molecular formula is C77H136N2O5. The molecule has 3 rings (SSSR count). The second-order valence-electron chi connectivity index (χ2n) is 25.5. The van der Waals surface area contributed by atoms with Crippen molar-refractivity contribution in [3.05, 3.63) is 36.4 Å². The van der Waals surface area contributed by atoms with Crippen LogP contribution in [-0.4, -0.2) is 43.2 Å². The van der Waals surface area contributed by atoms with Gasteiger partial charge in [-0.05, 0) is 68.5 Å². The molecule has 0 atom stereocenters. The van der Waals surface area contributed by atoms with Gasteiger partial charge in [0.15, 0.2) is 23.0 Å². The Labute approximate surface area is 520 Å². The van der Waals surface area contributed by atoms with Crippen LogP contribution < -0.4 is 23.7 Å². The summed E-state index contributed by atoms with van der Waals surface area (Å²) in [7, 11) is 0. The van der Waals surface area contributed by atoms with Crippen molar-refractivity contribution >= 4 is 0 Å². The maximum absolute atomic E-state index is 6.82. The number of aromatic nitrogens is 2. The molecule has 0 saturated heterocycles. The lowest BCUT2D eigenvalue weighted by atomic mass is 10.1. The quantitative estimate of drug-likeness (QED) is 0.0568. The molecule has 2 aromatic carbocycles.